The van der Waals surface area contributed by atoms with E-state index in [-0.39, 0.29) is 10.8 Å². The number of rotatable bonds is 4. The van der Waals surface area contributed by atoms with Crippen LogP contribution < -0.4 is 4.90 Å². The van der Waals surface area contributed by atoms with Crippen LogP contribution in [0.3, 0.4) is 0 Å². The summed E-state index contributed by atoms with van der Waals surface area (Å²) in [6, 6.07) is 56.8. The van der Waals surface area contributed by atoms with Crippen LogP contribution in [0.5, 0.6) is 0 Å². The fraction of sp³-hybridized carbons (Fsp3) is 0.125. The summed E-state index contributed by atoms with van der Waals surface area (Å²) in [4.78, 5) is 2.58. The number of benzene rings is 7. The van der Waals surface area contributed by atoms with Crippen LogP contribution in [0.4, 0.5) is 17.1 Å². The maximum absolute atomic E-state index is 2.58. The van der Waals surface area contributed by atoms with Gasteiger partial charge in [-0.25, -0.2) is 0 Å². The highest BCUT2D eigenvalue weighted by molar-refractivity contribution is 7.25. The smallest absolute Gasteiger partial charge is 0.0543 e. The van der Waals surface area contributed by atoms with E-state index < -0.39 is 0 Å². The Balaban J connectivity index is 1.30. The molecule has 0 N–H and O–H groups in total. The van der Waals surface area contributed by atoms with Gasteiger partial charge in [0.1, 0.15) is 0 Å². The van der Waals surface area contributed by atoms with Gasteiger partial charge in [-0.15, -0.1) is 11.3 Å². The molecule has 10 rings (SSSR count). The van der Waals surface area contributed by atoms with Gasteiger partial charge < -0.3 is 4.90 Å². The number of fused-ring (bicyclic) bond motifs is 9. The summed E-state index contributed by atoms with van der Waals surface area (Å²) in [5.41, 5.74) is 16.7. The van der Waals surface area contributed by atoms with E-state index in [1.54, 1.807) is 0 Å². The highest BCUT2D eigenvalue weighted by atomic mass is 32.1. The minimum atomic E-state index is -0.106. The summed E-state index contributed by atoms with van der Waals surface area (Å²) in [6.45, 7) is 9.50. The Morgan fingerprint density at radius 3 is 1.52 bits per heavy atom. The van der Waals surface area contributed by atoms with E-state index in [0.29, 0.717) is 0 Å². The number of para-hydroxylation sites is 1. The Labute approximate surface area is 298 Å². The second-order valence-corrected chi connectivity index (χ2v) is 16.0. The molecular weight excluding hydrogens is 623 g/mol. The lowest BCUT2D eigenvalue weighted by atomic mass is 9.82. The molecule has 50 heavy (non-hydrogen) atoms. The first kappa shape index (κ1) is 29.5. The second-order valence-electron chi connectivity index (χ2n) is 14.9. The average Bonchev–Trinajstić information content (AvgIpc) is 3.72. The standard InChI is InChI=1S/C48H37NS/c1-47(2)36-19-9-5-17-33(36)45-38(47)21-13-24-41(45)49(42-25-14-22-39-46(42)34-18-6-10-20-37(34)48(39,3)4)40-23-11-7-15-31(40)30-27-28-44-35(29-30)32-16-8-12-26-43(32)50-44/h5-29H,1-4H3. The van der Waals surface area contributed by atoms with Gasteiger partial charge in [0.15, 0.2) is 0 Å². The Bertz CT molecular complexity index is 2560. The molecule has 0 aliphatic heterocycles. The SMILES string of the molecule is CC1(C)c2ccccc2-c2c(N(c3ccccc3-c3ccc4sc5ccccc5c4c3)c3cccc4c3-c3ccccc3C4(C)C)cccc21. The summed E-state index contributed by atoms with van der Waals surface area (Å²) in [5.74, 6) is 0. The highest BCUT2D eigenvalue weighted by Crippen LogP contribution is 2.58. The first-order valence-electron chi connectivity index (χ1n) is 17.6. The van der Waals surface area contributed by atoms with Gasteiger partial charge in [-0.2, -0.15) is 0 Å². The van der Waals surface area contributed by atoms with Gasteiger partial charge in [-0.1, -0.05) is 143 Å². The molecule has 2 aliphatic carbocycles. The lowest BCUT2D eigenvalue weighted by Gasteiger charge is -2.32. The van der Waals surface area contributed by atoms with Crippen molar-refractivity contribution in [2.45, 2.75) is 38.5 Å². The normalized spacial score (nSPS) is 14.7. The highest BCUT2D eigenvalue weighted by Gasteiger charge is 2.41. The van der Waals surface area contributed by atoms with E-state index in [9.17, 15) is 0 Å². The van der Waals surface area contributed by atoms with Crippen molar-refractivity contribution in [3.05, 3.63) is 174 Å². The average molecular weight is 660 g/mol. The number of hydrogen-bond donors (Lipinski definition) is 0. The van der Waals surface area contributed by atoms with Crippen LogP contribution in [0.1, 0.15) is 49.9 Å². The number of anilines is 3. The molecule has 7 aromatic carbocycles. The molecular formula is C48H37NS. The predicted molar refractivity (Wildman–Crippen MR) is 215 cm³/mol. The predicted octanol–water partition coefficient (Wildman–Crippen LogP) is 13.8. The third-order valence-electron chi connectivity index (χ3n) is 11.5. The number of nitrogens with zero attached hydrogens (tertiary/aromatic N) is 1. The van der Waals surface area contributed by atoms with Crippen LogP contribution >= 0.6 is 11.3 Å². The van der Waals surface area contributed by atoms with Crippen molar-refractivity contribution in [2.75, 3.05) is 4.90 Å². The summed E-state index contributed by atoms with van der Waals surface area (Å²) in [5, 5.41) is 2.64. The zero-order valence-corrected chi connectivity index (χ0v) is 29.6. The largest absolute Gasteiger partial charge is 0.309 e. The molecule has 0 unspecified atom stereocenters. The van der Waals surface area contributed by atoms with Crippen LogP contribution in [0.2, 0.25) is 0 Å². The lowest BCUT2D eigenvalue weighted by molar-refractivity contribution is 0.660. The Kier molecular flexibility index (Phi) is 6.21. The summed E-state index contributed by atoms with van der Waals surface area (Å²) in [6.07, 6.45) is 0. The van der Waals surface area contributed by atoms with Crippen LogP contribution in [0.25, 0.3) is 53.6 Å². The lowest BCUT2D eigenvalue weighted by Crippen LogP contribution is -2.17. The minimum Gasteiger partial charge on any atom is -0.309 e. The van der Waals surface area contributed by atoms with Gasteiger partial charge >= 0.3 is 0 Å². The van der Waals surface area contributed by atoms with E-state index in [0.717, 1.165) is 0 Å². The molecule has 0 fully saturated rings. The molecule has 0 radical (unpaired) electrons. The van der Waals surface area contributed by atoms with Crippen molar-refractivity contribution in [1.82, 2.24) is 0 Å². The molecule has 1 nitrogen and oxygen atoms in total. The van der Waals surface area contributed by atoms with Crippen molar-refractivity contribution in [1.29, 1.82) is 0 Å². The molecule has 0 spiro atoms. The summed E-state index contributed by atoms with van der Waals surface area (Å²) in [7, 11) is 0. The van der Waals surface area contributed by atoms with Crippen molar-refractivity contribution >= 4 is 48.6 Å². The second kappa shape index (κ2) is 10.5. The molecule has 0 amide bonds. The Morgan fingerprint density at radius 2 is 0.880 bits per heavy atom. The van der Waals surface area contributed by atoms with Crippen LogP contribution in [-0.4, -0.2) is 0 Å². The molecule has 8 aromatic rings. The molecule has 0 saturated carbocycles. The minimum absolute atomic E-state index is 0.106. The van der Waals surface area contributed by atoms with Crippen LogP contribution in [0, 0.1) is 0 Å². The molecule has 0 bridgehead atoms. The van der Waals surface area contributed by atoms with Gasteiger partial charge in [0.25, 0.3) is 0 Å². The van der Waals surface area contributed by atoms with Crippen molar-refractivity contribution in [2.24, 2.45) is 0 Å². The zero-order chi connectivity index (χ0) is 33.8. The zero-order valence-electron chi connectivity index (χ0n) is 28.8. The molecule has 0 saturated heterocycles. The topological polar surface area (TPSA) is 3.24 Å². The third kappa shape index (κ3) is 4.00. The molecule has 1 aromatic heterocycles. The molecule has 1 heterocycles. The van der Waals surface area contributed by atoms with Gasteiger partial charge in [-0.05, 0) is 75.3 Å². The Hall–Kier alpha value is -5.44. The molecule has 2 aliphatic rings. The molecule has 2 heteroatoms. The first-order chi connectivity index (χ1) is 24.3. The Morgan fingerprint density at radius 1 is 0.400 bits per heavy atom. The monoisotopic (exact) mass is 659 g/mol. The third-order valence-corrected chi connectivity index (χ3v) is 12.6. The van der Waals surface area contributed by atoms with Crippen LogP contribution in [-0.2, 0) is 10.8 Å². The van der Waals surface area contributed by atoms with Gasteiger partial charge in [0.05, 0.1) is 17.1 Å². The maximum Gasteiger partial charge on any atom is 0.0543 e. The quantitative estimate of drug-likeness (QED) is 0.182. The number of hydrogen-bond acceptors (Lipinski definition) is 2. The van der Waals surface area contributed by atoms with E-state index >= 15 is 0 Å². The van der Waals surface area contributed by atoms with Gasteiger partial charge in [0.2, 0.25) is 0 Å². The van der Waals surface area contributed by atoms with Crippen molar-refractivity contribution < 1.29 is 0 Å². The maximum atomic E-state index is 2.58. The van der Waals surface area contributed by atoms with E-state index in [2.05, 4.69) is 184 Å². The van der Waals surface area contributed by atoms with Crippen LogP contribution in [0.15, 0.2) is 152 Å². The summed E-state index contributed by atoms with van der Waals surface area (Å²) >= 11 is 1.87. The first-order valence-corrected chi connectivity index (χ1v) is 18.4. The van der Waals surface area contributed by atoms with E-state index in [1.165, 1.54) is 92.9 Å². The summed E-state index contributed by atoms with van der Waals surface area (Å²) < 4.78 is 2.65. The molecule has 240 valence electrons. The van der Waals surface area contributed by atoms with Crippen molar-refractivity contribution in [3.63, 3.8) is 0 Å². The van der Waals surface area contributed by atoms with Gasteiger partial charge in [-0.3, -0.25) is 0 Å². The fourth-order valence-corrected chi connectivity index (χ4v) is 10.1. The van der Waals surface area contributed by atoms with E-state index in [1.807, 2.05) is 11.3 Å². The van der Waals surface area contributed by atoms with E-state index in [4.69, 9.17) is 0 Å². The molecule has 0 atom stereocenters. The van der Waals surface area contributed by atoms with Crippen molar-refractivity contribution in [3.8, 4) is 33.4 Å². The number of thiophene rings is 1. The van der Waals surface area contributed by atoms with Gasteiger partial charge in [0, 0.05) is 47.7 Å². The fourth-order valence-electron chi connectivity index (χ4n) is 9.04.